The SMILES string of the molecule is Oc1cccc(Cc2ccc(N(c3ccc(Cc4cccc(O)c4O)cc3)c3ccc(Cc4cccc(O)c4O)cc3)cc2)c1O. The second kappa shape index (κ2) is 12.9. The molecule has 6 rings (SSSR count). The molecule has 0 amide bonds. The average Bonchev–Trinajstić information content (AvgIpc) is 3.06. The first-order valence-corrected chi connectivity index (χ1v) is 14.8. The number of nitrogens with zero attached hydrogens (tertiary/aromatic N) is 1. The van der Waals surface area contributed by atoms with Gasteiger partial charge in [-0.05, 0) is 71.3 Å². The summed E-state index contributed by atoms with van der Waals surface area (Å²) in [6.45, 7) is 0. The molecule has 0 saturated carbocycles. The molecule has 0 spiro atoms. The Kier molecular flexibility index (Phi) is 8.39. The van der Waals surface area contributed by atoms with Crippen LogP contribution >= 0.6 is 0 Å². The number of rotatable bonds is 9. The minimum atomic E-state index is -0.147. The van der Waals surface area contributed by atoms with Crippen molar-refractivity contribution in [1.29, 1.82) is 0 Å². The van der Waals surface area contributed by atoms with Gasteiger partial charge in [-0.1, -0.05) is 72.8 Å². The van der Waals surface area contributed by atoms with Crippen molar-refractivity contribution in [2.24, 2.45) is 0 Å². The topological polar surface area (TPSA) is 125 Å². The summed E-state index contributed by atoms with van der Waals surface area (Å²) in [5.74, 6) is -0.799. The standard InChI is InChI=1S/C39H33NO6/c41-34-7-1-4-28(37(34)44)22-25-10-16-31(17-11-25)40(32-18-12-26(13-19-32)23-29-5-2-8-35(42)38(29)45)33-20-14-27(15-21-33)24-30-6-3-9-36(43)39(30)46/h1-21,41-46H,22-24H2. The van der Waals surface area contributed by atoms with E-state index in [1.807, 2.05) is 72.8 Å². The summed E-state index contributed by atoms with van der Waals surface area (Å²) >= 11 is 0. The molecule has 0 aliphatic carbocycles. The molecule has 6 N–H and O–H groups in total. The molecule has 0 unspecified atom stereocenters. The first-order valence-electron chi connectivity index (χ1n) is 14.8. The van der Waals surface area contributed by atoms with Crippen molar-refractivity contribution in [3.05, 3.63) is 161 Å². The molecular formula is C39H33NO6. The van der Waals surface area contributed by atoms with Crippen LogP contribution in [-0.4, -0.2) is 30.6 Å². The van der Waals surface area contributed by atoms with Crippen molar-refractivity contribution in [2.75, 3.05) is 4.90 Å². The van der Waals surface area contributed by atoms with Gasteiger partial charge >= 0.3 is 0 Å². The Balaban J connectivity index is 1.31. The van der Waals surface area contributed by atoms with Gasteiger partial charge in [0, 0.05) is 53.0 Å². The number of para-hydroxylation sites is 3. The van der Waals surface area contributed by atoms with E-state index in [1.54, 1.807) is 36.4 Å². The molecule has 0 atom stereocenters. The molecular weight excluding hydrogens is 578 g/mol. The Bertz CT molecular complexity index is 1740. The highest BCUT2D eigenvalue weighted by molar-refractivity contribution is 5.77. The smallest absolute Gasteiger partial charge is 0.161 e. The van der Waals surface area contributed by atoms with Crippen LogP contribution in [0.5, 0.6) is 34.5 Å². The average molecular weight is 612 g/mol. The van der Waals surface area contributed by atoms with Crippen LogP contribution < -0.4 is 4.90 Å². The summed E-state index contributed by atoms with van der Waals surface area (Å²) in [5.41, 5.74) is 7.50. The quantitative estimate of drug-likeness (QED) is 0.0912. The van der Waals surface area contributed by atoms with Crippen molar-refractivity contribution in [2.45, 2.75) is 19.3 Å². The number of aromatic hydroxyl groups is 6. The number of hydrogen-bond donors (Lipinski definition) is 6. The normalized spacial score (nSPS) is 11.0. The monoisotopic (exact) mass is 611 g/mol. The zero-order valence-electron chi connectivity index (χ0n) is 24.9. The van der Waals surface area contributed by atoms with Crippen molar-refractivity contribution in [3.8, 4) is 34.5 Å². The van der Waals surface area contributed by atoms with Crippen molar-refractivity contribution in [3.63, 3.8) is 0 Å². The Labute approximate surface area is 266 Å². The van der Waals surface area contributed by atoms with E-state index in [2.05, 4.69) is 4.90 Å². The minimum absolute atomic E-state index is 0.119. The molecule has 0 heterocycles. The van der Waals surface area contributed by atoms with Gasteiger partial charge in [0.1, 0.15) is 0 Å². The van der Waals surface area contributed by atoms with Gasteiger partial charge in [0.05, 0.1) is 0 Å². The predicted octanol–water partition coefficient (Wildman–Crippen LogP) is 8.16. The van der Waals surface area contributed by atoms with Gasteiger partial charge in [-0.3, -0.25) is 0 Å². The molecule has 0 aromatic heterocycles. The van der Waals surface area contributed by atoms with Crippen LogP contribution in [-0.2, 0) is 19.3 Å². The van der Waals surface area contributed by atoms with Gasteiger partial charge in [0.2, 0.25) is 0 Å². The lowest BCUT2D eigenvalue weighted by molar-refractivity contribution is 0.400. The lowest BCUT2D eigenvalue weighted by Gasteiger charge is -2.26. The maximum Gasteiger partial charge on any atom is 0.161 e. The fraction of sp³-hybridized carbons (Fsp3) is 0.0769. The molecule has 46 heavy (non-hydrogen) atoms. The fourth-order valence-corrected chi connectivity index (χ4v) is 5.56. The lowest BCUT2D eigenvalue weighted by atomic mass is 10.0. The van der Waals surface area contributed by atoms with Crippen LogP contribution in [0.2, 0.25) is 0 Å². The number of anilines is 3. The van der Waals surface area contributed by atoms with E-state index in [4.69, 9.17) is 0 Å². The molecule has 0 bridgehead atoms. The van der Waals surface area contributed by atoms with E-state index in [0.29, 0.717) is 36.0 Å². The third-order valence-corrected chi connectivity index (χ3v) is 8.06. The van der Waals surface area contributed by atoms with Crippen LogP contribution in [0.15, 0.2) is 127 Å². The van der Waals surface area contributed by atoms with E-state index in [0.717, 1.165) is 33.8 Å². The number of benzene rings is 6. The summed E-state index contributed by atoms with van der Waals surface area (Å²) in [5, 5.41) is 60.5. The highest BCUT2D eigenvalue weighted by atomic mass is 16.3. The zero-order valence-corrected chi connectivity index (χ0v) is 24.9. The number of hydrogen-bond acceptors (Lipinski definition) is 7. The van der Waals surface area contributed by atoms with Crippen molar-refractivity contribution in [1.82, 2.24) is 0 Å². The minimum Gasteiger partial charge on any atom is -0.504 e. The Morgan fingerprint density at radius 1 is 0.326 bits per heavy atom. The molecule has 230 valence electrons. The van der Waals surface area contributed by atoms with Crippen LogP contribution in [0.25, 0.3) is 0 Å². The van der Waals surface area contributed by atoms with E-state index in [1.165, 1.54) is 18.2 Å². The Morgan fingerprint density at radius 3 is 0.848 bits per heavy atom. The number of phenolic OH excluding ortho intramolecular Hbond substituents is 6. The van der Waals surface area contributed by atoms with Gasteiger partial charge in [-0.25, -0.2) is 0 Å². The van der Waals surface area contributed by atoms with Gasteiger partial charge in [-0.2, -0.15) is 0 Å². The van der Waals surface area contributed by atoms with Crippen LogP contribution in [0.3, 0.4) is 0 Å². The van der Waals surface area contributed by atoms with E-state index < -0.39 is 0 Å². The summed E-state index contributed by atoms with van der Waals surface area (Å²) in [7, 11) is 0. The van der Waals surface area contributed by atoms with Gasteiger partial charge < -0.3 is 35.5 Å². The molecule has 7 nitrogen and oxygen atoms in total. The molecule has 0 radical (unpaired) electrons. The summed E-state index contributed by atoms with van der Waals surface area (Å²) < 4.78 is 0. The fourth-order valence-electron chi connectivity index (χ4n) is 5.56. The molecule has 7 heteroatoms. The van der Waals surface area contributed by atoms with E-state index in [9.17, 15) is 30.6 Å². The van der Waals surface area contributed by atoms with E-state index >= 15 is 0 Å². The predicted molar refractivity (Wildman–Crippen MR) is 179 cm³/mol. The molecule has 0 aliphatic rings. The maximum absolute atomic E-state index is 10.3. The first kappa shape index (κ1) is 30.0. The zero-order chi connectivity index (χ0) is 32.2. The van der Waals surface area contributed by atoms with Gasteiger partial charge in [0.15, 0.2) is 34.5 Å². The Hall–Kier alpha value is -6.08. The highest BCUT2D eigenvalue weighted by Gasteiger charge is 2.15. The number of phenols is 6. The highest BCUT2D eigenvalue weighted by Crippen LogP contribution is 2.37. The first-order chi connectivity index (χ1) is 22.3. The molecule has 0 aliphatic heterocycles. The molecule has 6 aromatic rings. The summed E-state index contributed by atoms with van der Waals surface area (Å²) in [4.78, 5) is 2.11. The van der Waals surface area contributed by atoms with Crippen LogP contribution in [0.4, 0.5) is 17.1 Å². The van der Waals surface area contributed by atoms with E-state index in [-0.39, 0.29) is 34.5 Å². The van der Waals surface area contributed by atoms with Crippen LogP contribution in [0.1, 0.15) is 33.4 Å². The summed E-state index contributed by atoms with van der Waals surface area (Å²) in [6, 6.07) is 38.8. The molecule has 0 saturated heterocycles. The summed E-state index contributed by atoms with van der Waals surface area (Å²) in [6.07, 6.45) is 1.36. The maximum atomic E-state index is 10.3. The van der Waals surface area contributed by atoms with Gasteiger partial charge in [-0.15, -0.1) is 0 Å². The third-order valence-electron chi connectivity index (χ3n) is 8.06. The van der Waals surface area contributed by atoms with Gasteiger partial charge in [0.25, 0.3) is 0 Å². The third kappa shape index (κ3) is 6.39. The van der Waals surface area contributed by atoms with Crippen LogP contribution in [0, 0.1) is 0 Å². The van der Waals surface area contributed by atoms with Crippen molar-refractivity contribution >= 4 is 17.1 Å². The van der Waals surface area contributed by atoms with Crippen molar-refractivity contribution < 1.29 is 30.6 Å². The molecule has 6 aromatic carbocycles. The second-order valence-electron chi connectivity index (χ2n) is 11.2. The lowest BCUT2D eigenvalue weighted by Crippen LogP contribution is -2.10. The Morgan fingerprint density at radius 2 is 0.587 bits per heavy atom. The second-order valence-corrected chi connectivity index (χ2v) is 11.2. The largest absolute Gasteiger partial charge is 0.504 e. The molecule has 0 fully saturated rings.